The molecule has 0 aromatic carbocycles. The molecule has 28 heavy (non-hydrogen) atoms. The van der Waals surface area contributed by atoms with Crippen LogP contribution in [0, 0.1) is 0 Å². The van der Waals surface area contributed by atoms with Gasteiger partial charge in [-0.25, -0.2) is 4.98 Å². The van der Waals surface area contributed by atoms with E-state index in [1.165, 1.54) is 0 Å². The molecule has 0 saturated carbocycles. The monoisotopic (exact) mass is 373 g/mol. The van der Waals surface area contributed by atoms with Gasteiger partial charge in [0.15, 0.2) is 5.65 Å². The van der Waals surface area contributed by atoms with Crippen LogP contribution < -0.4 is 5.73 Å². The lowest BCUT2D eigenvalue weighted by Gasteiger charge is -2.21. The molecule has 4 aromatic heterocycles. The Labute approximate surface area is 161 Å². The molecule has 140 valence electrons. The normalized spacial score (nSPS) is 16.2. The van der Waals surface area contributed by atoms with E-state index in [0.717, 1.165) is 47.9 Å². The van der Waals surface area contributed by atoms with Crippen LogP contribution in [0.15, 0.2) is 42.7 Å². The number of amides is 1. The van der Waals surface area contributed by atoms with Crippen LogP contribution in [-0.2, 0) is 6.54 Å². The van der Waals surface area contributed by atoms with Crippen molar-refractivity contribution in [2.45, 2.75) is 32.2 Å². The van der Waals surface area contributed by atoms with E-state index >= 15 is 0 Å². The predicted molar refractivity (Wildman–Crippen MR) is 104 cm³/mol. The lowest BCUT2D eigenvalue weighted by molar-refractivity contribution is 0.0989. The number of aromatic nitrogens is 6. The number of nitrogens with zero attached hydrogens (tertiary/aromatic N) is 6. The first-order chi connectivity index (χ1) is 13.6. The van der Waals surface area contributed by atoms with E-state index < -0.39 is 5.91 Å². The van der Waals surface area contributed by atoms with Crippen molar-refractivity contribution >= 4 is 11.6 Å². The number of hydrogen-bond donors (Lipinski definition) is 1. The van der Waals surface area contributed by atoms with Gasteiger partial charge in [0.25, 0.3) is 5.91 Å². The van der Waals surface area contributed by atoms with Gasteiger partial charge in [0, 0.05) is 30.4 Å². The third kappa shape index (κ3) is 2.49. The smallest absolute Gasteiger partial charge is 0.287 e. The number of imidazole rings is 1. The van der Waals surface area contributed by atoms with Crippen molar-refractivity contribution in [3.8, 4) is 22.6 Å². The molecule has 8 nitrogen and oxygen atoms in total. The maximum absolute atomic E-state index is 11.5. The summed E-state index contributed by atoms with van der Waals surface area (Å²) in [7, 11) is 0. The molecule has 2 N–H and O–H groups in total. The average Bonchev–Trinajstić information content (AvgIpc) is 3.30. The van der Waals surface area contributed by atoms with Crippen LogP contribution in [0.2, 0.25) is 0 Å². The van der Waals surface area contributed by atoms with Gasteiger partial charge < -0.3 is 10.3 Å². The summed E-state index contributed by atoms with van der Waals surface area (Å²) in [6, 6.07) is 9.70. The largest absolute Gasteiger partial charge is 0.363 e. The fraction of sp³-hybridized carbons (Fsp3) is 0.250. The second-order valence-electron chi connectivity index (χ2n) is 7.11. The number of carbonyl (C=O) groups is 1. The summed E-state index contributed by atoms with van der Waals surface area (Å²) in [6.45, 7) is 3.13. The van der Waals surface area contributed by atoms with Crippen LogP contribution in [0.1, 0.15) is 42.1 Å². The molecule has 0 saturated heterocycles. The Bertz CT molecular complexity index is 1190. The molecule has 0 spiro atoms. The lowest BCUT2D eigenvalue weighted by atomic mass is 10.0. The van der Waals surface area contributed by atoms with E-state index in [9.17, 15) is 4.79 Å². The second-order valence-corrected chi connectivity index (χ2v) is 7.11. The fourth-order valence-corrected chi connectivity index (χ4v) is 3.94. The topological polar surface area (TPSA) is 104 Å². The first kappa shape index (κ1) is 16.6. The molecule has 4 aromatic rings. The molecule has 0 fully saturated rings. The molecular formula is C20H19N7O. The Morgan fingerprint density at radius 1 is 1.25 bits per heavy atom. The van der Waals surface area contributed by atoms with Crippen LogP contribution in [0.5, 0.6) is 0 Å². The van der Waals surface area contributed by atoms with E-state index in [4.69, 9.17) is 10.7 Å². The number of rotatable bonds is 3. The highest BCUT2D eigenvalue weighted by Gasteiger charge is 2.26. The Balaban J connectivity index is 1.75. The number of hydrogen-bond acceptors (Lipinski definition) is 5. The van der Waals surface area contributed by atoms with Crippen molar-refractivity contribution < 1.29 is 4.79 Å². The zero-order chi connectivity index (χ0) is 19.3. The number of primary amides is 1. The SMILES string of the molecule is C[C@H]1CCCn2c1nc(-c1ccccn1)c2-c1ccn2c(C(N)=O)nnc2c1. The van der Waals surface area contributed by atoms with Gasteiger partial charge in [-0.2, -0.15) is 0 Å². The van der Waals surface area contributed by atoms with Crippen molar-refractivity contribution in [2.75, 3.05) is 0 Å². The molecule has 5 heterocycles. The molecule has 8 heteroatoms. The summed E-state index contributed by atoms with van der Waals surface area (Å²) >= 11 is 0. The van der Waals surface area contributed by atoms with Gasteiger partial charge in [-0.3, -0.25) is 14.2 Å². The lowest BCUT2D eigenvalue weighted by Crippen LogP contribution is -2.15. The van der Waals surface area contributed by atoms with Crippen LogP contribution in [0.3, 0.4) is 0 Å². The summed E-state index contributed by atoms with van der Waals surface area (Å²) in [5.41, 5.74) is 9.63. The minimum absolute atomic E-state index is 0.121. The molecule has 0 unspecified atom stereocenters. The van der Waals surface area contributed by atoms with Crippen molar-refractivity contribution in [3.05, 3.63) is 54.4 Å². The number of nitrogens with two attached hydrogens (primary N) is 1. The van der Waals surface area contributed by atoms with Gasteiger partial charge in [0.2, 0.25) is 5.82 Å². The summed E-state index contributed by atoms with van der Waals surface area (Å²) in [5, 5.41) is 8.01. The molecule has 1 aliphatic rings. The number of pyridine rings is 2. The zero-order valence-electron chi connectivity index (χ0n) is 15.4. The third-order valence-corrected chi connectivity index (χ3v) is 5.27. The van der Waals surface area contributed by atoms with Crippen LogP contribution >= 0.6 is 0 Å². The van der Waals surface area contributed by atoms with Gasteiger partial charge in [-0.1, -0.05) is 13.0 Å². The van der Waals surface area contributed by atoms with E-state index in [1.807, 2.05) is 30.3 Å². The second kappa shape index (κ2) is 6.26. The summed E-state index contributed by atoms with van der Waals surface area (Å²) < 4.78 is 3.89. The fourth-order valence-electron chi connectivity index (χ4n) is 3.94. The van der Waals surface area contributed by atoms with Crippen molar-refractivity contribution in [2.24, 2.45) is 5.73 Å². The van der Waals surface area contributed by atoms with Gasteiger partial charge in [-0.05, 0) is 37.1 Å². The van der Waals surface area contributed by atoms with E-state index in [0.29, 0.717) is 11.6 Å². The molecule has 1 atom stereocenters. The van der Waals surface area contributed by atoms with Crippen LogP contribution in [0.25, 0.3) is 28.3 Å². The van der Waals surface area contributed by atoms with Gasteiger partial charge >= 0.3 is 0 Å². The summed E-state index contributed by atoms with van der Waals surface area (Å²) in [5.74, 6) is 0.990. The molecular weight excluding hydrogens is 354 g/mol. The molecule has 0 bridgehead atoms. The van der Waals surface area contributed by atoms with E-state index in [-0.39, 0.29) is 5.82 Å². The maximum atomic E-state index is 11.5. The maximum Gasteiger partial charge on any atom is 0.287 e. The Morgan fingerprint density at radius 2 is 2.14 bits per heavy atom. The highest BCUT2D eigenvalue weighted by atomic mass is 16.1. The zero-order valence-corrected chi connectivity index (χ0v) is 15.4. The minimum Gasteiger partial charge on any atom is -0.363 e. The first-order valence-corrected chi connectivity index (χ1v) is 9.30. The number of fused-ring (bicyclic) bond motifs is 2. The first-order valence-electron chi connectivity index (χ1n) is 9.30. The van der Waals surface area contributed by atoms with Gasteiger partial charge in [0.05, 0.1) is 11.4 Å². The van der Waals surface area contributed by atoms with E-state index in [2.05, 4.69) is 26.7 Å². The van der Waals surface area contributed by atoms with Gasteiger partial charge in [-0.15, -0.1) is 10.2 Å². The highest BCUT2D eigenvalue weighted by molar-refractivity contribution is 5.90. The van der Waals surface area contributed by atoms with Crippen LogP contribution in [-0.4, -0.2) is 35.0 Å². The third-order valence-electron chi connectivity index (χ3n) is 5.27. The molecule has 1 amide bonds. The van der Waals surface area contributed by atoms with Crippen molar-refractivity contribution in [1.29, 1.82) is 0 Å². The quantitative estimate of drug-likeness (QED) is 0.594. The Hall–Kier alpha value is -3.55. The number of carbonyl (C=O) groups excluding carboxylic acids is 1. The predicted octanol–water partition coefficient (Wildman–Crippen LogP) is 2.65. The average molecular weight is 373 g/mol. The van der Waals surface area contributed by atoms with E-state index in [1.54, 1.807) is 16.8 Å². The Morgan fingerprint density at radius 3 is 2.93 bits per heavy atom. The Kier molecular flexibility index (Phi) is 3.71. The standard InChI is InChI=1S/C20H19N7O/c1-12-5-4-9-27-17(16(23-19(12)27)14-6-2-3-8-22-14)13-7-10-26-15(11-13)24-25-20(26)18(21)28/h2-3,6-8,10-12H,4-5,9H2,1H3,(H2,21,28)/t12-/m0/s1. The molecule has 0 radical (unpaired) electrons. The molecule has 5 rings (SSSR count). The molecule has 1 aliphatic heterocycles. The minimum atomic E-state index is -0.606. The van der Waals surface area contributed by atoms with Crippen molar-refractivity contribution in [3.63, 3.8) is 0 Å². The van der Waals surface area contributed by atoms with Crippen molar-refractivity contribution in [1.82, 2.24) is 29.1 Å². The highest BCUT2D eigenvalue weighted by Crippen LogP contribution is 2.38. The summed E-state index contributed by atoms with van der Waals surface area (Å²) in [6.07, 6.45) is 5.79. The molecule has 0 aliphatic carbocycles. The van der Waals surface area contributed by atoms with Gasteiger partial charge in [0.1, 0.15) is 11.5 Å². The summed E-state index contributed by atoms with van der Waals surface area (Å²) in [4.78, 5) is 21.0. The van der Waals surface area contributed by atoms with Crippen LogP contribution in [0.4, 0.5) is 0 Å².